The molecule has 0 spiro atoms. The summed E-state index contributed by atoms with van der Waals surface area (Å²) in [5.41, 5.74) is 3.61. The van der Waals surface area contributed by atoms with Gasteiger partial charge in [0.1, 0.15) is 6.61 Å². The Labute approximate surface area is 176 Å². The van der Waals surface area contributed by atoms with Crippen LogP contribution in [0.4, 0.5) is 11.4 Å². The normalized spacial score (nSPS) is 10.5. The summed E-state index contributed by atoms with van der Waals surface area (Å²) in [5, 5.41) is 5.74. The van der Waals surface area contributed by atoms with Gasteiger partial charge in [0, 0.05) is 35.1 Å². The summed E-state index contributed by atoms with van der Waals surface area (Å²) in [5.74, 6) is -0.112. The average molecular weight is 403 g/mol. The summed E-state index contributed by atoms with van der Waals surface area (Å²) < 4.78 is 5.70. The topological polar surface area (TPSA) is 80.3 Å². The number of pyridine rings is 1. The number of hydrogen-bond acceptors (Lipinski definition) is 4. The second kappa shape index (κ2) is 9.69. The number of carbonyl (C=O) groups is 2. The molecule has 0 aliphatic rings. The van der Waals surface area contributed by atoms with Crippen LogP contribution in [-0.4, -0.2) is 16.8 Å². The predicted molar refractivity (Wildman–Crippen MR) is 118 cm³/mol. The minimum atomic E-state index is -0.280. The van der Waals surface area contributed by atoms with Gasteiger partial charge in [-0.1, -0.05) is 50.2 Å². The maximum Gasteiger partial charge on any atom is 0.255 e. The monoisotopic (exact) mass is 403 g/mol. The third-order valence-corrected chi connectivity index (χ3v) is 4.50. The second-order valence-electron chi connectivity index (χ2n) is 7.28. The van der Waals surface area contributed by atoms with Crippen LogP contribution >= 0.6 is 0 Å². The number of aryl methyl sites for hydroxylation is 1. The van der Waals surface area contributed by atoms with Crippen molar-refractivity contribution in [3.63, 3.8) is 0 Å². The Kier molecular flexibility index (Phi) is 6.80. The van der Waals surface area contributed by atoms with E-state index < -0.39 is 0 Å². The van der Waals surface area contributed by atoms with Crippen molar-refractivity contribution >= 4 is 23.2 Å². The Morgan fingerprint density at radius 2 is 1.77 bits per heavy atom. The molecule has 154 valence electrons. The van der Waals surface area contributed by atoms with Crippen LogP contribution in [0.2, 0.25) is 0 Å². The minimum absolute atomic E-state index is 0.0783. The molecule has 1 heterocycles. The van der Waals surface area contributed by atoms with Crippen molar-refractivity contribution < 1.29 is 14.3 Å². The number of ether oxygens (including phenoxy) is 1. The number of carbonyl (C=O) groups excluding carboxylic acids is 2. The summed E-state index contributed by atoms with van der Waals surface area (Å²) >= 11 is 0. The molecule has 0 unspecified atom stereocenters. The van der Waals surface area contributed by atoms with Gasteiger partial charge in [0.05, 0.1) is 0 Å². The van der Waals surface area contributed by atoms with E-state index in [1.165, 1.54) is 0 Å². The smallest absolute Gasteiger partial charge is 0.255 e. The van der Waals surface area contributed by atoms with Gasteiger partial charge in [-0.15, -0.1) is 0 Å². The highest BCUT2D eigenvalue weighted by molar-refractivity contribution is 6.05. The molecule has 3 aromatic rings. The highest BCUT2D eigenvalue weighted by atomic mass is 16.5. The number of anilines is 2. The van der Waals surface area contributed by atoms with Gasteiger partial charge in [0.2, 0.25) is 11.8 Å². The maximum absolute atomic E-state index is 12.8. The average Bonchev–Trinajstić information content (AvgIpc) is 2.75. The van der Waals surface area contributed by atoms with Crippen molar-refractivity contribution in [3.05, 3.63) is 83.6 Å². The van der Waals surface area contributed by atoms with Crippen LogP contribution in [0.5, 0.6) is 5.88 Å². The molecule has 30 heavy (non-hydrogen) atoms. The van der Waals surface area contributed by atoms with E-state index in [4.69, 9.17) is 4.74 Å². The molecule has 0 aliphatic carbocycles. The molecular weight excluding hydrogens is 378 g/mol. The van der Waals surface area contributed by atoms with E-state index in [9.17, 15) is 9.59 Å². The Hall–Kier alpha value is -3.67. The molecule has 2 N–H and O–H groups in total. The van der Waals surface area contributed by atoms with Crippen LogP contribution in [0.1, 0.15) is 35.3 Å². The van der Waals surface area contributed by atoms with Crippen molar-refractivity contribution in [1.29, 1.82) is 0 Å². The number of amides is 2. The van der Waals surface area contributed by atoms with Gasteiger partial charge in [-0.25, -0.2) is 4.98 Å². The van der Waals surface area contributed by atoms with E-state index in [1.54, 1.807) is 24.4 Å². The first-order valence-electron chi connectivity index (χ1n) is 9.78. The van der Waals surface area contributed by atoms with Crippen molar-refractivity contribution in [3.8, 4) is 5.88 Å². The lowest BCUT2D eigenvalue weighted by Crippen LogP contribution is -2.18. The van der Waals surface area contributed by atoms with E-state index in [1.807, 2.05) is 63.2 Å². The van der Waals surface area contributed by atoms with Crippen LogP contribution in [0.3, 0.4) is 0 Å². The van der Waals surface area contributed by atoms with Crippen LogP contribution in [-0.2, 0) is 11.4 Å². The maximum atomic E-state index is 12.8. The van der Waals surface area contributed by atoms with E-state index in [0.29, 0.717) is 29.4 Å². The fourth-order valence-corrected chi connectivity index (χ4v) is 2.68. The van der Waals surface area contributed by atoms with Crippen LogP contribution in [0.15, 0.2) is 66.9 Å². The number of benzene rings is 2. The first kappa shape index (κ1) is 21.0. The highest BCUT2D eigenvalue weighted by Gasteiger charge is 2.12. The van der Waals surface area contributed by atoms with Crippen LogP contribution in [0.25, 0.3) is 0 Å². The Bertz CT molecular complexity index is 1030. The second-order valence-corrected chi connectivity index (χ2v) is 7.28. The number of rotatable bonds is 7. The fourth-order valence-electron chi connectivity index (χ4n) is 2.68. The summed E-state index contributed by atoms with van der Waals surface area (Å²) in [4.78, 5) is 28.9. The van der Waals surface area contributed by atoms with E-state index in [-0.39, 0.29) is 17.7 Å². The molecule has 0 aliphatic heterocycles. The molecule has 0 saturated heterocycles. The molecule has 0 fully saturated rings. The quantitative estimate of drug-likeness (QED) is 0.593. The van der Waals surface area contributed by atoms with Gasteiger partial charge in [-0.2, -0.15) is 0 Å². The summed E-state index contributed by atoms with van der Waals surface area (Å²) in [6.45, 7) is 5.92. The predicted octanol–water partition coefficient (Wildman–Crippen LogP) is 4.82. The molecule has 0 saturated carbocycles. The summed E-state index contributed by atoms with van der Waals surface area (Å²) in [7, 11) is 0. The van der Waals surface area contributed by atoms with Gasteiger partial charge >= 0.3 is 0 Å². The van der Waals surface area contributed by atoms with Gasteiger partial charge in [0.25, 0.3) is 5.91 Å². The molecule has 0 radical (unpaired) electrons. The number of aromatic nitrogens is 1. The molecule has 2 amide bonds. The molecule has 2 aromatic carbocycles. The van der Waals surface area contributed by atoms with Crippen LogP contribution in [0, 0.1) is 12.8 Å². The van der Waals surface area contributed by atoms with Crippen molar-refractivity contribution in [1.82, 2.24) is 4.98 Å². The summed E-state index contributed by atoms with van der Waals surface area (Å²) in [6.07, 6.45) is 1.54. The lowest BCUT2D eigenvalue weighted by atomic mass is 10.1. The fraction of sp³-hybridized carbons (Fsp3) is 0.208. The first-order chi connectivity index (χ1) is 14.4. The molecule has 6 nitrogen and oxygen atoms in total. The van der Waals surface area contributed by atoms with E-state index in [2.05, 4.69) is 15.6 Å². The van der Waals surface area contributed by atoms with E-state index >= 15 is 0 Å². The molecule has 1 aromatic heterocycles. The van der Waals surface area contributed by atoms with Gasteiger partial charge < -0.3 is 15.4 Å². The Morgan fingerprint density at radius 1 is 1.00 bits per heavy atom. The van der Waals surface area contributed by atoms with Crippen molar-refractivity contribution in [2.24, 2.45) is 5.92 Å². The number of hydrogen-bond donors (Lipinski definition) is 2. The molecule has 6 heteroatoms. The van der Waals surface area contributed by atoms with Gasteiger partial charge in [-0.05, 0) is 36.2 Å². The number of nitrogens with zero attached hydrogens (tertiary/aromatic N) is 1. The minimum Gasteiger partial charge on any atom is -0.473 e. The first-order valence-corrected chi connectivity index (χ1v) is 9.78. The lowest BCUT2D eigenvalue weighted by molar-refractivity contribution is -0.118. The van der Waals surface area contributed by atoms with Crippen LogP contribution < -0.4 is 15.4 Å². The van der Waals surface area contributed by atoms with Crippen molar-refractivity contribution in [2.45, 2.75) is 27.4 Å². The zero-order chi connectivity index (χ0) is 21.5. The van der Waals surface area contributed by atoms with Crippen molar-refractivity contribution in [2.75, 3.05) is 10.6 Å². The van der Waals surface area contributed by atoms with E-state index in [0.717, 1.165) is 11.1 Å². The summed E-state index contributed by atoms with van der Waals surface area (Å²) in [6, 6.07) is 18.4. The zero-order valence-corrected chi connectivity index (χ0v) is 17.3. The molecule has 0 bridgehead atoms. The Balaban J connectivity index is 1.69. The number of nitrogens with one attached hydrogen (secondary N) is 2. The Morgan fingerprint density at radius 3 is 2.50 bits per heavy atom. The zero-order valence-electron chi connectivity index (χ0n) is 17.3. The standard InChI is InChI=1S/C24H25N3O3/c1-16(2)23(28)26-20-10-9-17(3)21(14-20)27-24(29)19-11-12-25-22(13-19)30-15-18-7-5-4-6-8-18/h4-14,16H,15H2,1-3H3,(H,26,28)(H,27,29). The molecule has 3 rings (SSSR count). The van der Waals surface area contributed by atoms with Gasteiger partial charge in [0.15, 0.2) is 0 Å². The van der Waals surface area contributed by atoms with Gasteiger partial charge in [-0.3, -0.25) is 9.59 Å². The SMILES string of the molecule is Cc1ccc(NC(=O)C(C)C)cc1NC(=O)c1ccnc(OCc2ccccc2)c1. The largest absolute Gasteiger partial charge is 0.473 e. The highest BCUT2D eigenvalue weighted by Crippen LogP contribution is 2.22. The third-order valence-electron chi connectivity index (χ3n) is 4.50. The third kappa shape index (κ3) is 5.67. The molecular formula is C24H25N3O3. The molecule has 0 atom stereocenters. The lowest BCUT2D eigenvalue weighted by Gasteiger charge is -2.13.